The Morgan fingerprint density at radius 3 is 2.72 bits per heavy atom. The summed E-state index contributed by atoms with van der Waals surface area (Å²) in [4.78, 5) is 0. The molecule has 0 radical (unpaired) electrons. The highest BCUT2D eigenvalue weighted by Gasteiger charge is 2.29. The number of sulfonamides is 1. The number of nitrogens with zero attached hydrogens (tertiary/aromatic N) is 1. The zero-order chi connectivity index (χ0) is 13.2. The minimum absolute atomic E-state index is 0.0214. The van der Waals surface area contributed by atoms with Crippen molar-refractivity contribution in [2.24, 2.45) is 5.92 Å². The molecule has 1 fully saturated rings. The van der Waals surface area contributed by atoms with Crippen LogP contribution in [0.15, 0.2) is 24.3 Å². The third-order valence-electron chi connectivity index (χ3n) is 3.30. The molecule has 1 saturated heterocycles. The lowest BCUT2D eigenvalue weighted by Gasteiger charge is -2.16. The molecule has 1 N–H and O–H groups in total. The summed E-state index contributed by atoms with van der Waals surface area (Å²) in [5, 5.41) is 9.05. The molecule has 5 heteroatoms. The first-order chi connectivity index (χ1) is 8.51. The van der Waals surface area contributed by atoms with E-state index in [0.29, 0.717) is 19.0 Å². The number of aliphatic hydroxyl groups is 1. The lowest BCUT2D eigenvalue weighted by molar-refractivity contribution is 0.281. The Morgan fingerprint density at radius 1 is 1.39 bits per heavy atom. The van der Waals surface area contributed by atoms with E-state index < -0.39 is 10.0 Å². The van der Waals surface area contributed by atoms with Crippen LogP contribution in [0, 0.1) is 5.92 Å². The van der Waals surface area contributed by atoms with Crippen LogP contribution >= 0.6 is 0 Å². The molecule has 0 bridgehead atoms. The average molecular weight is 269 g/mol. The largest absolute Gasteiger partial charge is 0.392 e. The molecule has 4 nitrogen and oxygen atoms in total. The minimum atomic E-state index is -3.22. The number of aliphatic hydroxyl groups excluding tert-OH is 1. The second-order valence-electron chi connectivity index (χ2n) is 4.99. The molecule has 0 spiro atoms. The summed E-state index contributed by atoms with van der Waals surface area (Å²) in [6.45, 7) is 3.27. The van der Waals surface area contributed by atoms with E-state index in [1.165, 1.54) is 0 Å². The van der Waals surface area contributed by atoms with Gasteiger partial charge in [0.1, 0.15) is 0 Å². The normalized spacial score (nSPS) is 21.3. The van der Waals surface area contributed by atoms with Crippen molar-refractivity contribution >= 4 is 10.0 Å². The van der Waals surface area contributed by atoms with Crippen molar-refractivity contribution in [3.63, 3.8) is 0 Å². The summed E-state index contributed by atoms with van der Waals surface area (Å²) in [7, 11) is -3.22. The van der Waals surface area contributed by atoms with Gasteiger partial charge in [0.25, 0.3) is 0 Å². The maximum absolute atomic E-state index is 12.2. The van der Waals surface area contributed by atoms with E-state index in [2.05, 4.69) is 6.92 Å². The fourth-order valence-corrected chi connectivity index (χ4v) is 3.92. The molecule has 1 aromatic rings. The molecule has 1 aliphatic rings. The highest BCUT2D eigenvalue weighted by atomic mass is 32.2. The van der Waals surface area contributed by atoms with Crippen LogP contribution in [0.25, 0.3) is 0 Å². The van der Waals surface area contributed by atoms with Crippen LogP contribution in [-0.4, -0.2) is 30.9 Å². The van der Waals surface area contributed by atoms with Gasteiger partial charge in [0.05, 0.1) is 12.4 Å². The lowest BCUT2D eigenvalue weighted by atomic mass is 10.1. The SMILES string of the molecule is CC1CCN(S(=O)(=O)Cc2cccc(CO)c2)C1. The van der Waals surface area contributed by atoms with E-state index in [-0.39, 0.29) is 12.4 Å². The Kier molecular flexibility index (Phi) is 4.04. The summed E-state index contributed by atoms with van der Waals surface area (Å²) in [6.07, 6.45) is 0.940. The molecule has 0 aliphatic carbocycles. The van der Waals surface area contributed by atoms with Crippen molar-refractivity contribution < 1.29 is 13.5 Å². The fourth-order valence-electron chi connectivity index (χ4n) is 2.27. The molecule has 1 heterocycles. The summed E-state index contributed by atoms with van der Waals surface area (Å²) in [6, 6.07) is 7.10. The fraction of sp³-hybridized carbons (Fsp3) is 0.538. The molecule has 18 heavy (non-hydrogen) atoms. The van der Waals surface area contributed by atoms with Gasteiger partial charge in [-0.1, -0.05) is 31.2 Å². The lowest BCUT2D eigenvalue weighted by Crippen LogP contribution is -2.29. The topological polar surface area (TPSA) is 57.6 Å². The summed E-state index contributed by atoms with van der Waals surface area (Å²) >= 11 is 0. The summed E-state index contributed by atoms with van der Waals surface area (Å²) < 4.78 is 26.0. The number of hydrogen-bond acceptors (Lipinski definition) is 3. The van der Waals surface area contributed by atoms with Crippen LogP contribution < -0.4 is 0 Å². The maximum Gasteiger partial charge on any atom is 0.218 e. The van der Waals surface area contributed by atoms with Gasteiger partial charge < -0.3 is 5.11 Å². The molecule has 1 aromatic carbocycles. The van der Waals surface area contributed by atoms with E-state index in [4.69, 9.17) is 5.11 Å². The Balaban J connectivity index is 2.12. The highest BCUT2D eigenvalue weighted by Crippen LogP contribution is 2.21. The van der Waals surface area contributed by atoms with Gasteiger partial charge in [0.15, 0.2) is 0 Å². The van der Waals surface area contributed by atoms with Crippen molar-refractivity contribution in [2.45, 2.75) is 25.7 Å². The van der Waals surface area contributed by atoms with Crippen molar-refractivity contribution in [1.82, 2.24) is 4.31 Å². The Bertz CT molecular complexity index is 513. The highest BCUT2D eigenvalue weighted by molar-refractivity contribution is 7.88. The predicted molar refractivity (Wildman–Crippen MR) is 70.3 cm³/mol. The van der Waals surface area contributed by atoms with Gasteiger partial charge in [-0.3, -0.25) is 0 Å². The first kappa shape index (κ1) is 13.5. The van der Waals surface area contributed by atoms with Crippen molar-refractivity contribution in [1.29, 1.82) is 0 Å². The predicted octanol–water partition coefficient (Wildman–Crippen LogP) is 1.35. The van der Waals surface area contributed by atoms with Gasteiger partial charge in [0.2, 0.25) is 10.0 Å². The zero-order valence-corrected chi connectivity index (χ0v) is 11.4. The van der Waals surface area contributed by atoms with Crippen molar-refractivity contribution in [3.05, 3.63) is 35.4 Å². The molecule has 2 rings (SSSR count). The standard InChI is InChI=1S/C13H19NO3S/c1-11-5-6-14(8-11)18(16,17)10-13-4-2-3-12(7-13)9-15/h2-4,7,11,15H,5-6,8-10H2,1H3. The summed E-state index contributed by atoms with van der Waals surface area (Å²) in [5.74, 6) is 0.469. The molecule has 0 amide bonds. The third kappa shape index (κ3) is 3.10. The van der Waals surface area contributed by atoms with Gasteiger partial charge in [0, 0.05) is 13.1 Å². The van der Waals surface area contributed by atoms with Crippen LogP contribution in [0.1, 0.15) is 24.5 Å². The van der Waals surface area contributed by atoms with E-state index in [1.807, 2.05) is 0 Å². The number of benzene rings is 1. The molecule has 0 aromatic heterocycles. The van der Waals surface area contributed by atoms with E-state index >= 15 is 0 Å². The molecule has 0 saturated carbocycles. The number of rotatable bonds is 4. The molecule has 1 atom stereocenters. The van der Waals surface area contributed by atoms with Crippen molar-refractivity contribution in [2.75, 3.05) is 13.1 Å². The van der Waals surface area contributed by atoms with E-state index in [1.54, 1.807) is 28.6 Å². The average Bonchev–Trinajstić information content (AvgIpc) is 2.76. The molecule has 1 unspecified atom stereocenters. The first-order valence-corrected chi connectivity index (χ1v) is 7.78. The number of hydrogen-bond donors (Lipinski definition) is 1. The third-order valence-corrected chi connectivity index (χ3v) is 5.12. The molecular weight excluding hydrogens is 250 g/mol. The van der Waals surface area contributed by atoms with Gasteiger partial charge in [-0.05, 0) is 23.5 Å². The summed E-state index contributed by atoms with van der Waals surface area (Å²) in [5.41, 5.74) is 1.48. The zero-order valence-electron chi connectivity index (χ0n) is 10.5. The van der Waals surface area contributed by atoms with Gasteiger partial charge in [-0.25, -0.2) is 12.7 Å². The van der Waals surface area contributed by atoms with Gasteiger partial charge in [-0.15, -0.1) is 0 Å². The van der Waals surface area contributed by atoms with Gasteiger partial charge >= 0.3 is 0 Å². The smallest absolute Gasteiger partial charge is 0.218 e. The van der Waals surface area contributed by atoms with Crippen molar-refractivity contribution in [3.8, 4) is 0 Å². The van der Waals surface area contributed by atoms with Crippen LogP contribution in [0.5, 0.6) is 0 Å². The van der Waals surface area contributed by atoms with Crippen LogP contribution in [0.4, 0.5) is 0 Å². The Morgan fingerprint density at radius 2 is 2.11 bits per heavy atom. The van der Waals surface area contributed by atoms with Crippen LogP contribution in [0.2, 0.25) is 0 Å². The second-order valence-corrected chi connectivity index (χ2v) is 6.96. The first-order valence-electron chi connectivity index (χ1n) is 6.18. The monoisotopic (exact) mass is 269 g/mol. The van der Waals surface area contributed by atoms with Crippen LogP contribution in [0.3, 0.4) is 0 Å². The molecule has 100 valence electrons. The second kappa shape index (κ2) is 5.38. The van der Waals surface area contributed by atoms with E-state index in [0.717, 1.165) is 17.5 Å². The van der Waals surface area contributed by atoms with Gasteiger partial charge in [-0.2, -0.15) is 0 Å². The minimum Gasteiger partial charge on any atom is -0.392 e. The maximum atomic E-state index is 12.2. The Hall–Kier alpha value is -0.910. The Labute approximate surface area is 108 Å². The molecule has 1 aliphatic heterocycles. The molecular formula is C13H19NO3S. The van der Waals surface area contributed by atoms with Crippen LogP contribution in [-0.2, 0) is 22.4 Å². The quantitative estimate of drug-likeness (QED) is 0.897. The van der Waals surface area contributed by atoms with E-state index in [9.17, 15) is 8.42 Å².